The van der Waals surface area contributed by atoms with E-state index in [0.717, 1.165) is 38.1 Å². The number of fused-ring (bicyclic) bond motifs is 1. The number of alkyl halides is 3. The summed E-state index contributed by atoms with van der Waals surface area (Å²) in [6.45, 7) is 5.39. The van der Waals surface area contributed by atoms with Gasteiger partial charge in [0.25, 0.3) is 0 Å². The molecule has 4 rings (SSSR count). The van der Waals surface area contributed by atoms with Crippen molar-refractivity contribution in [2.24, 2.45) is 11.8 Å². The topological polar surface area (TPSA) is 67.6 Å². The van der Waals surface area contributed by atoms with E-state index in [1.165, 1.54) is 43.5 Å². The van der Waals surface area contributed by atoms with E-state index in [1.54, 1.807) is 0 Å². The van der Waals surface area contributed by atoms with Crippen molar-refractivity contribution in [1.29, 1.82) is 0 Å². The van der Waals surface area contributed by atoms with Gasteiger partial charge in [0.2, 0.25) is 0 Å². The van der Waals surface area contributed by atoms with Gasteiger partial charge in [-0.25, -0.2) is 4.79 Å². The van der Waals surface area contributed by atoms with Gasteiger partial charge in [-0.15, -0.1) is 0 Å². The Balaban J connectivity index is 0.000000260. The maximum absolute atomic E-state index is 10.6. The number of nitrogens with zero attached hydrogens (tertiary/aromatic N) is 3. The summed E-state index contributed by atoms with van der Waals surface area (Å²) in [5.74, 6) is -0.406. The first-order chi connectivity index (χ1) is 12.8. The molecule has 0 saturated heterocycles. The quantitative estimate of drug-likeness (QED) is 0.810. The van der Waals surface area contributed by atoms with Crippen LogP contribution < -0.4 is 0 Å². The molecule has 2 saturated carbocycles. The molecule has 1 aromatic rings. The number of hydrogen-bond donors (Lipinski definition) is 1. The predicted octanol–water partition coefficient (Wildman–Crippen LogP) is 2.88. The molecule has 0 bridgehead atoms. The molecule has 1 unspecified atom stereocenters. The number of halogens is 3. The molecular weight excluding hydrogens is 363 g/mol. The van der Waals surface area contributed by atoms with Crippen LogP contribution in [0.25, 0.3) is 0 Å². The molecule has 152 valence electrons. The first-order valence-electron chi connectivity index (χ1n) is 9.34. The maximum atomic E-state index is 10.6. The third-order valence-corrected chi connectivity index (χ3v) is 5.13. The van der Waals surface area contributed by atoms with E-state index < -0.39 is 12.1 Å². The maximum Gasteiger partial charge on any atom is 0.490 e. The van der Waals surface area contributed by atoms with Crippen molar-refractivity contribution in [3.05, 3.63) is 17.5 Å². The van der Waals surface area contributed by atoms with Gasteiger partial charge < -0.3 is 9.84 Å². The van der Waals surface area contributed by atoms with Gasteiger partial charge >= 0.3 is 12.1 Å². The van der Waals surface area contributed by atoms with Crippen LogP contribution in [0.2, 0.25) is 0 Å². The fourth-order valence-corrected chi connectivity index (χ4v) is 3.43. The molecule has 0 radical (unpaired) electrons. The van der Waals surface area contributed by atoms with Crippen molar-refractivity contribution in [3.8, 4) is 0 Å². The van der Waals surface area contributed by atoms with E-state index in [2.05, 4.69) is 15.8 Å². The van der Waals surface area contributed by atoms with E-state index in [9.17, 15) is 13.2 Å². The predicted molar refractivity (Wildman–Crippen MR) is 91.3 cm³/mol. The highest BCUT2D eigenvalue weighted by Crippen LogP contribution is 2.35. The minimum absolute atomic E-state index is 0.510. The Morgan fingerprint density at radius 2 is 1.85 bits per heavy atom. The van der Waals surface area contributed by atoms with Gasteiger partial charge in [-0.1, -0.05) is 0 Å². The Kier molecular flexibility index (Phi) is 6.10. The average molecular weight is 389 g/mol. The van der Waals surface area contributed by atoms with Crippen LogP contribution in [-0.4, -0.2) is 58.7 Å². The summed E-state index contributed by atoms with van der Waals surface area (Å²) in [4.78, 5) is 11.5. The Morgan fingerprint density at radius 1 is 1.26 bits per heavy atom. The first kappa shape index (κ1) is 20.1. The van der Waals surface area contributed by atoms with Gasteiger partial charge in [-0.2, -0.15) is 18.3 Å². The van der Waals surface area contributed by atoms with Crippen LogP contribution in [0.3, 0.4) is 0 Å². The van der Waals surface area contributed by atoms with Crippen LogP contribution in [0.4, 0.5) is 13.2 Å². The molecule has 0 amide bonds. The number of carboxylic acids is 1. The van der Waals surface area contributed by atoms with Crippen LogP contribution in [-0.2, 0) is 22.6 Å². The van der Waals surface area contributed by atoms with E-state index in [4.69, 9.17) is 19.7 Å². The van der Waals surface area contributed by atoms with Crippen LogP contribution >= 0.6 is 0 Å². The van der Waals surface area contributed by atoms with Crippen LogP contribution in [0.5, 0.6) is 0 Å². The van der Waals surface area contributed by atoms with E-state index in [-0.39, 0.29) is 0 Å². The zero-order valence-electron chi connectivity index (χ0n) is 15.4. The number of aliphatic carboxylic acids is 1. The standard InChI is InChI=1S/C16H25N3O.C2HF3O2/c1-20-11-14-8-18(6-12-2-3-12)10-16-15(14)9-19(17-16)7-13-4-5-13;3-2(4,5)1(6)7/h9,12-14H,2-8,10-11H2,1H3;(H,6,7). The van der Waals surface area contributed by atoms with E-state index in [0.29, 0.717) is 5.92 Å². The summed E-state index contributed by atoms with van der Waals surface area (Å²) in [7, 11) is 1.81. The largest absolute Gasteiger partial charge is 0.490 e. The molecule has 9 heteroatoms. The molecule has 3 aliphatic rings. The van der Waals surface area contributed by atoms with Gasteiger partial charge in [0.05, 0.1) is 12.3 Å². The second kappa shape index (κ2) is 8.18. The molecule has 2 fully saturated rings. The number of carbonyl (C=O) groups is 1. The third-order valence-electron chi connectivity index (χ3n) is 5.13. The van der Waals surface area contributed by atoms with Gasteiger partial charge in [-0.3, -0.25) is 9.58 Å². The second-order valence-corrected chi connectivity index (χ2v) is 7.79. The molecule has 27 heavy (non-hydrogen) atoms. The number of hydrogen-bond acceptors (Lipinski definition) is 4. The summed E-state index contributed by atoms with van der Waals surface area (Å²) in [5.41, 5.74) is 2.75. The summed E-state index contributed by atoms with van der Waals surface area (Å²) in [5, 5.41) is 12.0. The Hall–Kier alpha value is -1.61. The van der Waals surface area contributed by atoms with Crippen molar-refractivity contribution >= 4 is 5.97 Å². The van der Waals surface area contributed by atoms with Crippen molar-refractivity contribution in [2.75, 3.05) is 26.8 Å². The summed E-state index contributed by atoms with van der Waals surface area (Å²) < 4.78 is 39.4. The summed E-state index contributed by atoms with van der Waals surface area (Å²) >= 11 is 0. The molecule has 1 aliphatic heterocycles. The first-order valence-corrected chi connectivity index (χ1v) is 9.34. The highest BCUT2D eigenvalue weighted by molar-refractivity contribution is 5.73. The lowest BCUT2D eigenvalue weighted by Gasteiger charge is -2.31. The molecule has 1 aromatic heterocycles. The third kappa shape index (κ3) is 5.93. The monoisotopic (exact) mass is 389 g/mol. The lowest BCUT2D eigenvalue weighted by atomic mass is 9.95. The highest BCUT2D eigenvalue weighted by atomic mass is 19.4. The number of methoxy groups -OCH3 is 1. The normalized spacial score (nSPS) is 22.7. The molecule has 2 heterocycles. The van der Waals surface area contributed by atoms with Crippen LogP contribution in [0.1, 0.15) is 42.9 Å². The lowest BCUT2D eigenvalue weighted by molar-refractivity contribution is -0.192. The Labute approximate surface area is 156 Å². The molecule has 0 aromatic carbocycles. The minimum atomic E-state index is -5.08. The smallest absolute Gasteiger partial charge is 0.475 e. The molecule has 1 N–H and O–H groups in total. The lowest BCUT2D eigenvalue weighted by Crippen LogP contribution is -2.36. The fourth-order valence-electron chi connectivity index (χ4n) is 3.43. The number of carboxylic acid groups (broad SMARTS) is 1. The van der Waals surface area contributed by atoms with E-state index in [1.807, 2.05) is 7.11 Å². The molecular formula is C18H26F3N3O3. The SMILES string of the molecule is COCC1CN(CC2CC2)Cc2nn(CC3CC3)cc21.O=C(O)C(F)(F)F. The minimum Gasteiger partial charge on any atom is -0.475 e. The zero-order chi connectivity index (χ0) is 19.6. The average Bonchev–Trinajstić information content (AvgIpc) is 3.48. The van der Waals surface area contributed by atoms with Crippen LogP contribution in [0, 0.1) is 11.8 Å². The van der Waals surface area contributed by atoms with Crippen LogP contribution in [0.15, 0.2) is 6.20 Å². The number of rotatable bonds is 6. The highest BCUT2D eigenvalue weighted by Gasteiger charge is 2.38. The molecule has 1 atom stereocenters. The molecule has 0 spiro atoms. The van der Waals surface area contributed by atoms with E-state index >= 15 is 0 Å². The Morgan fingerprint density at radius 3 is 2.37 bits per heavy atom. The number of aromatic nitrogens is 2. The van der Waals surface area contributed by atoms with Gasteiger partial charge in [0.1, 0.15) is 0 Å². The summed E-state index contributed by atoms with van der Waals surface area (Å²) in [6.07, 6.45) is 2.84. The fraction of sp³-hybridized carbons (Fsp3) is 0.778. The molecule has 2 aliphatic carbocycles. The van der Waals surface area contributed by atoms with Crippen molar-refractivity contribution in [2.45, 2.75) is 50.9 Å². The van der Waals surface area contributed by atoms with Gasteiger partial charge in [-0.05, 0) is 37.5 Å². The van der Waals surface area contributed by atoms with Crippen molar-refractivity contribution in [1.82, 2.24) is 14.7 Å². The van der Waals surface area contributed by atoms with Crippen molar-refractivity contribution in [3.63, 3.8) is 0 Å². The van der Waals surface area contributed by atoms with Gasteiger partial charge in [0, 0.05) is 51.0 Å². The zero-order valence-corrected chi connectivity index (χ0v) is 15.4. The Bertz CT molecular complexity index is 654. The van der Waals surface area contributed by atoms with Gasteiger partial charge in [0.15, 0.2) is 0 Å². The van der Waals surface area contributed by atoms with Crippen molar-refractivity contribution < 1.29 is 27.8 Å². The summed E-state index contributed by atoms with van der Waals surface area (Å²) in [6, 6.07) is 0. The second-order valence-electron chi connectivity index (χ2n) is 7.79. The molecule has 6 nitrogen and oxygen atoms in total. The number of ether oxygens (including phenoxy) is 1.